The minimum atomic E-state index is -0.380. The van der Waals surface area contributed by atoms with Crippen molar-refractivity contribution in [1.29, 1.82) is 0 Å². The van der Waals surface area contributed by atoms with E-state index in [2.05, 4.69) is 9.80 Å². The molecule has 0 N–H and O–H groups in total. The summed E-state index contributed by atoms with van der Waals surface area (Å²) in [5, 5.41) is 11.1. The Morgan fingerprint density at radius 1 is 1.17 bits per heavy atom. The Hall–Kier alpha value is -1.82. The molecular weight excluding hydrogens is 294 g/mol. The fourth-order valence-corrected chi connectivity index (χ4v) is 3.89. The zero-order valence-electron chi connectivity index (χ0n) is 14.0. The van der Waals surface area contributed by atoms with Crippen molar-refractivity contribution in [3.05, 3.63) is 27.8 Å². The molecule has 1 aromatic carbocycles. The Morgan fingerprint density at radius 2 is 1.83 bits per heavy atom. The van der Waals surface area contributed by atoms with Crippen LogP contribution in [0.1, 0.15) is 31.2 Å². The molecule has 6 heteroatoms. The van der Waals surface area contributed by atoms with Gasteiger partial charge in [0.15, 0.2) is 5.75 Å². The van der Waals surface area contributed by atoms with Crippen molar-refractivity contribution in [2.75, 3.05) is 38.2 Å². The molecule has 0 bridgehead atoms. The molecule has 2 saturated heterocycles. The Morgan fingerprint density at radius 3 is 2.39 bits per heavy atom. The van der Waals surface area contributed by atoms with Crippen molar-refractivity contribution in [1.82, 2.24) is 4.90 Å². The zero-order chi connectivity index (χ0) is 16.4. The van der Waals surface area contributed by atoms with E-state index in [9.17, 15) is 10.1 Å². The molecule has 3 rings (SSSR count). The van der Waals surface area contributed by atoms with Crippen LogP contribution in [0.4, 0.5) is 11.4 Å². The second kappa shape index (κ2) is 6.74. The van der Waals surface area contributed by atoms with E-state index < -0.39 is 0 Å². The maximum absolute atomic E-state index is 11.1. The molecule has 126 valence electrons. The standard InChI is InChI=1S/C17H25N3O3/c1-13-11-16(20(21)22)17(23-2)12-15(13)19-9-5-14(6-10-19)18-7-3-4-8-18/h11-12,14H,3-10H2,1-2H3. The number of hydrogen-bond donors (Lipinski definition) is 0. The van der Waals surface area contributed by atoms with Crippen molar-refractivity contribution in [2.45, 2.75) is 38.6 Å². The molecule has 6 nitrogen and oxygen atoms in total. The fraction of sp³-hybridized carbons (Fsp3) is 0.647. The van der Waals surface area contributed by atoms with Crippen molar-refractivity contribution in [3.8, 4) is 5.75 Å². The lowest BCUT2D eigenvalue weighted by atomic mass is 10.0. The first-order valence-corrected chi connectivity index (χ1v) is 8.42. The first-order valence-electron chi connectivity index (χ1n) is 8.42. The van der Waals surface area contributed by atoms with Gasteiger partial charge in [0.05, 0.1) is 12.0 Å². The average Bonchev–Trinajstić information content (AvgIpc) is 3.09. The maximum atomic E-state index is 11.1. The maximum Gasteiger partial charge on any atom is 0.311 e. The molecule has 2 aliphatic rings. The monoisotopic (exact) mass is 319 g/mol. The van der Waals surface area contributed by atoms with E-state index in [1.807, 2.05) is 13.0 Å². The minimum Gasteiger partial charge on any atom is -0.490 e. The van der Waals surface area contributed by atoms with Gasteiger partial charge in [0.2, 0.25) is 0 Å². The van der Waals surface area contributed by atoms with E-state index in [1.165, 1.54) is 45.9 Å². The third-order valence-corrected chi connectivity index (χ3v) is 5.16. The number of anilines is 1. The lowest BCUT2D eigenvalue weighted by Crippen LogP contribution is -2.44. The van der Waals surface area contributed by atoms with E-state index in [4.69, 9.17) is 4.74 Å². The normalized spacial score (nSPS) is 20.0. The van der Waals surface area contributed by atoms with Crippen LogP contribution in [0.15, 0.2) is 12.1 Å². The average molecular weight is 319 g/mol. The van der Waals surface area contributed by atoms with Gasteiger partial charge in [-0.2, -0.15) is 0 Å². The predicted octanol–water partition coefficient (Wildman–Crippen LogP) is 2.98. The van der Waals surface area contributed by atoms with Gasteiger partial charge in [-0.3, -0.25) is 10.1 Å². The molecule has 23 heavy (non-hydrogen) atoms. The van der Waals surface area contributed by atoms with Crippen LogP contribution in [-0.4, -0.2) is 49.2 Å². The molecule has 0 radical (unpaired) electrons. The molecule has 0 spiro atoms. The van der Waals surface area contributed by atoms with Gasteiger partial charge in [-0.25, -0.2) is 0 Å². The molecule has 0 atom stereocenters. The molecule has 0 unspecified atom stereocenters. The van der Waals surface area contributed by atoms with E-state index in [-0.39, 0.29) is 10.6 Å². The SMILES string of the molecule is COc1cc(N2CCC(N3CCCC3)CC2)c(C)cc1[N+](=O)[O-]. The van der Waals surface area contributed by atoms with Crippen LogP contribution in [0.2, 0.25) is 0 Å². The molecule has 2 heterocycles. The predicted molar refractivity (Wildman–Crippen MR) is 90.4 cm³/mol. The topological polar surface area (TPSA) is 58.8 Å². The summed E-state index contributed by atoms with van der Waals surface area (Å²) in [6.07, 6.45) is 5.00. The largest absolute Gasteiger partial charge is 0.490 e. The van der Waals surface area contributed by atoms with Crippen molar-refractivity contribution in [3.63, 3.8) is 0 Å². The number of rotatable bonds is 4. The highest BCUT2D eigenvalue weighted by Crippen LogP contribution is 2.36. The summed E-state index contributed by atoms with van der Waals surface area (Å²) >= 11 is 0. The number of ether oxygens (including phenoxy) is 1. The van der Waals surface area contributed by atoms with Crippen LogP contribution in [0, 0.1) is 17.0 Å². The molecule has 0 amide bonds. The van der Waals surface area contributed by atoms with Gasteiger partial charge >= 0.3 is 5.69 Å². The van der Waals surface area contributed by atoms with Crippen molar-refractivity contribution in [2.24, 2.45) is 0 Å². The van der Waals surface area contributed by atoms with Gasteiger partial charge in [-0.05, 0) is 51.3 Å². The van der Waals surface area contributed by atoms with Crippen LogP contribution >= 0.6 is 0 Å². The third kappa shape index (κ3) is 3.27. The number of aryl methyl sites for hydroxylation is 1. The quantitative estimate of drug-likeness (QED) is 0.631. The molecular formula is C17H25N3O3. The number of benzene rings is 1. The molecule has 1 aromatic rings. The van der Waals surface area contributed by atoms with E-state index in [0.717, 1.165) is 24.3 Å². The number of nitro groups is 1. The van der Waals surface area contributed by atoms with Crippen molar-refractivity contribution < 1.29 is 9.66 Å². The van der Waals surface area contributed by atoms with Gasteiger partial charge in [-0.1, -0.05) is 0 Å². The summed E-state index contributed by atoms with van der Waals surface area (Å²) in [5.41, 5.74) is 2.05. The van der Waals surface area contributed by atoms with Gasteiger partial charge in [0, 0.05) is 37.0 Å². The van der Waals surface area contributed by atoms with Gasteiger partial charge in [-0.15, -0.1) is 0 Å². The third-order valence-electron chi connectivity index (χ3n) is 5.16. The first-order chi connectivity index (χ1) is 11.1. The summed E-state index contributed by atoms with van der Waals surface area (Å²) in [4.78, 5) is 15.7. The van der Waals surface area contributed by atoms with Crippen LogP contribution in [0.25, 0.3) is 0 Å². The highest BCUT2D eigenvalue weighted by Gasteiger charge is 2.28. The number of methoxy groups -OCH3 is 1. The summed E-state index contributed by atoms with van der Waals surface area (Å²) in [6.45, 7) is 6.43. The number of nitrogens with zero attached hydrogens (tertiary/aromatic N) is 3. The molecule has 2 aliphatic heterocycles. The summed E-state index contributed by atoms with van der Waals surface area (Å²) < 4.78 is 5.22. The lowest BCUT2D eigenvalue weighted by molar-refractivity contribution is -0.385. The van der Waals surface area contributed by atoms with Crippen LogP contribution in [-0.2, 0) is 0 Å². The van der Waals surface area contributed by atoms with E-state index >= 15 is 0 Å². The molecule has 2 fully saturated rings. The van der Waals surface area contributed by atoms with Crippen LogP contribution in [0.3, 0.4) is 0 Å². The zero-order valence-corrected chi connectivity index (χ0v) is 14.0. The number of hydrogen-bond acceptors (Lipinski definition) is 5. The minimum absolute atomic E-state index is 0.0423. The molecule has 0 aliphatic carbocycles. The summed E-state index contributed by atoms with van der Waals surface area (Å²) in [6, 6.07) is 4.15. The van der Waals surface area contributed by atoms with Crippen LogP contribution < -0.4 is 9.64 Å². The highest BCUT2D eigenvalue weighted by molar-refractivity contribution is 5.64. The first kappa shape index (κ1) is 16.1. The Labute approximate surface area is 137 Å². The van der Waals surface area contributed by atoms with Gasteiger partial charge in [0.1, 0.15) is 0 Å². The van der Waals surface area contributed by atoms with Gasteiger partial charge in [0.25, 0.3) is 0 Å². The summed E-state index contributed by atoms with van der Waals surface area (Å²) in [5.74, 6) is 0.345. The van der Waals surface area contributed by atoms with Gasteiger partial charge < -0.3 is 14.5 Å². The van der Waals surface area contributed by atoms with E-state index in [1.54, 1.807) is 6.07 Å². The lowest BCUT2D eigenvalue weighted by Gasteiger charge is -2.38. The second-order valence-corrected chi connectivity index (χ2v) is 6.53. The number of piperidine rings is 1. The molecule has 0 aromatic heterocycles. The Bertz CT molecular complexity index is 577. The van der Waals surface area contributed by atoms with Crippen molar-refractivity contribution >= 4 is 11.4 Å². The summed E-state index contributed by atoms with van der Waals surface area (Å²) in [7, 11) is 1.49. The Kier molecular flexibility index (Phi) is 4.71. The Balaban J connectivity index is 1.73. The number of nitro benzene ring substituents is 1. The van der Waals surface area contributed by atoms with Crippen LogP contribution in [0.5, 0.6) is 5.75 Å². The molecule has 0 saturated carbocycles. The highest BCUT2D eigenvalue weighted by atomic mass is 16.6. The second-order valence-electron chi connectivity index (χ2n) is 6.53. The van der Waals surface area contributed by atoms with E-state index in [0.29, 0.717) is 11.8 Å². The smallest absolute Gasteiger partial charge is 0.311 e. The number of likely N-dealkylation sites (tertiary alicyclic amines) is 1. The fourth-order valence-electron chi connectivity index (χ4n) is 3.89.